The summed E-state index contributed by atoms with van der Waals surface area (Å²) in [5.74, 6) is 0.752. The van der Waals surface area contributed by atoms with Crippen LogP contribution in [0.3, 0.4) is 0 Å². The standard InChI is InChI=1S/C17H18AsN4O/c1-3-7-12(8-4-1)18-15-14-16(20-11-19-14)22-17(21-15)23-13-9-5-2-6-10-13/h2,5-6,9-12H,1,3-4,7-8H2,(H,19,20,21,22). The Morgan fingerprint density at radius 2 is 1.87 bits per heavy atom. The number of H-pyrrole nitrogens is 1. The first kappa shape index (κ1) is 14.7. The summed E-state index contributed by atoms with van der Waals surface area (Å²) in [5.41, 5.74) is 1.68. The Bertz CT molecular complexity index is 784. The van der Waals surface area contributed by atoms with Gasteiger partial charge in [-0.15, -0.1) is 0 Å². The van der Waals surface area contributed by atoms with Crippen LogP contribution in [0, 0.1) is 0 Å². The fraction of sp³-hybridized carbons (Fsp3) is 0.353. The van der Waals surface area contributed by atoms with Crippen LogP contribution in [0.2, 0.25) is 4.71 Å². The minimum atomic E-state index is 0.00122. The second-order valence-electron chi connectivity index (χ2n) is 5.77. The normalized spacial score (nSPS) is 16.3. The molecule has 0 aliphatic heterocycles. The van der Waals surface area contributed by atoms with Gasteiger partial charge >= 0.3 is 141 Å². The number of nitrogens with zero attached hydrogens (tertiary/aromatic N) is 3. The van der Waals surface area contributed by atoms with Crippen LogP contribution in [-0.2, 0) is 0 Å². The van der Waals surface area contributed by atoms with E-state index in [4.69, 9.17) is 9.72 Å². The summed E-state index contributed by atoms with van der Waals surface area (Å²) < 4.78 is 7.73. The number of aromatic amines is 1. The molecular weight excluding hydrogens is 351 g/mol. The number of para-hydroxylation sites is 1. The van der Waals surface area contributed by atoms with Gasteiger partial charge < -0.3 is 0 Å². The molecule has 1 aliphatic carbocycles. The van der Waals surface area contributed by atoms with Crippen LogP contribution < -0.4 is 9.22 Å². The number of rotatable bonds is 4. The molecule has 0 saturated heterocycles. The van der Waals surface area contributed by atoms with Crippen molar-refractivity contribution in [2.75, 3.05) is 0 Å². The molecule has 0 amide bonds. The Hall–Kier alpha value is -1.87. The van der Waals surface area contributed by atoms with E-state index in [0.29, 0.717) is 11.7 Å². The molecule has 1 saturated carbocycles. The Morgan fingerprint density at radius 1 is 1.04 bits per heavy atom. The van der Waals surface area contributed by atoms with Crippen molar-refractivity contribution in [3.05, 3.63) is 36.7 Å². The van der Waals surface area contributed by atoms with Gasteiger partial charge in [0.05, 0.1) is 0 Å². The van der Waals surface area contributed by atoms with Crippen molar-refractivity contribution in [1.29, 1.82) is 0 Å². The summed E-state index contributed by atoms with van der Waals surface area (Å²) >= 11 is 0.00122. The molecule has 23 heavy (non-hydrogen) atoms. The fourth-order valence-corrected chi connectivity index (χ4v) is 5.86. The second kappa shape index (κ2) is 6.71. The average molecular weight is 369 g/mol. The van der Waals surface area contributed by atoms with Crippen LogP contribution in [0.4, 0.5) is 0 Å². The van der Waals surface area contributed by atoms with E-state index in [2.05, 4.69) is 15.0 Å². The molecular formula is C17H18AsN4O. The number of benzene rings is 1. The Balaban J connectivity index is 1.64. The monoisotopic (exact) mass is 369 g/mol. The molecule has 0 bridgehead atoms. The summed E-state index contributed by atoms with van der Waals surface area (Å²) in [5, 5.41) is 0. The number of hydrogen-bond donors (Lipinski definition) is 1. The molecule has 0 spiro atoms. The first-order chi connectivity index (χ1) is 11.4. The van der Waals surface area contributed by atoms with E-state index in [9.17, 15) is 0 Å². The Morgan fingerprint density at radius 3 is 2.70 bits per heavy atom. The third-order valence-corrected chi connectivity index (χ3v) is 7.12. The van der Waals surface area contributed by atoms with Gasteiger partial charge in [-0.05, 0) is 0 Å². The van der Waals surface area contributed by atoms with E-state index in [1.807, 2.05) is 30.3 Å². The van der Waals surface area contributed by atoms with Crippen molar-refractivity contribution in [3.63, 3.8) is 0 Å². The topological polar surface area (TPSA) is 63.7 Å². The van der Waals surface area contributed by atoms with E-state index in [-0.39, 0.29) is 15.8 Å². The van der Waals surface area contributed by atoms with Gasteiger partial charge in [-0.25, -0.2) is 0 Å². The van der Waals surface area contributed by atoms with Gasteiger partial charge in [0, 0.05) is 0 Å². The van der Waals surface area contributed by atoms with Gasteiger partial charge in [-0.2, -0.15) is 0 Å². The number of imidazole rings is 1. The Labute approximate surface area is 141 Å². The number of ether oxygens (including phenoxy) is 1. The van der Waals surface area contributed by atoms with Crippen LogP contribution in [0.15, 0.2) is 36.7 Å². The van der Waals surface area contributed by atoms with Gasteiger partial charge in [0.15, 0.2) is 0 Å². The minimum absolute atomic E-state index is 0.00122. The zero-order valence-electron chi connectivity index (χ0n) is 12.8. The quantitative estimate of drug-likeness (QED) is 0.718. The van der Waals surface area contributed by atoms with Crippen LogP contribution in [-0.4, -0.2) is 35.7 Å². The first-order valence-corrected chi connectivity index (χ1v) is 10.1. The number of aromatic nitrogens is 4. The molecule has 117 valence electrons. The summed E-state index contributed by atoms with van der Waals surface area (Å²) in [6, 6.07) is 10.1. The van der Waals surface area contributed by atoms with Crippen molar-refractivity contribution in [2.24, 2.45) is 0 Å². The van der Waals surface area contributed by atoms with Gasteiger partial charge in [0.25, 0.3) is 0 Å². The number of hydrogen-bond acceptors (Lipinski definition) is 4. The van der Waals surface area contributed by atoms with Crippen molar-refractivity contribution < 1.29 is 4.74 Å². The Kier molecular flexibility index (Phi) is 4.29. The summed E-state index contributed by atoms with van der Waals surface area (Å²) in [7, 11) is 0. The molecule has 1 fully saturated rings. The van der Waals surface area contributed by atoms with E-state index in [0.717, 1.165) is 20.5 Å². The molecule has 2 aromatic heterocycles. The average Bonchev–Trinajstić information content (AvgIpc) is 3.05. The molecule has 0 unspecified atom stereocenters. The maximum absolute atomic E-state index is 5.82. The SMILES string of the molecule is c1ccc(Oc2nc([As]C3CCCCC3)c3[nH]cnc3n2)cc1. The van der Waals surface area contributed by atoms with Gasteiger partial charge in [0.1, 0.15) is 0 Å². The van der Waals surface area contributed by atoms with Crippen molar-refractivity contribution in [1.82, 2.24) is 19.9 Å². The van der Waals surface area contributed by atoms with Gasteiger partial charge in [0.2, 0.25) is 0 Å². The molecule has 5 nitrogen and oxygen atoms in total. The predicted octanol–water partition coefficient (Wildman–Crippen LogP) is 3.23. The van der Waals surface area contributed by atoms with Gasteiger partial charge in [-0.1, -0.05) is 0 Å². The molecule has 0 atom stereocenters. The number of fused-ring (bicyclic) bond motifs is 1. The molecule has 1 aromatic carbocycles. The van der Waals surface area contributed by atoms with Crippen molar-refractivity contribution in [2.45, 2.75) is 36.8 Å². The molecule has 1 aliphatic rings. The zero-order valence-corrected chi connectivity index (χ0v) is 14.7. The molecule has 1 N–H and O–H groups in total. The summed E-state index contributed by atoms with van der Waals surface area (Å²) in [6.07, 6.45) is 8.43. The van der Waals surface area contributed by atoms with Crippen LogP contribution in [0.1, 0.15) is 32.1 Å². The van der Waals surface area contributed by atoms with Crippen molar-refractivity contribution >= 4 is 31.4 Å². The summed E-state index contributed by atoms with van der Waals surface area (Å²) in [6.45, 7) is 0. The van der Waals surface area contributed by atoms with Crippen LogP contribution in [0.25, 0.3) is 11.2 Å². The molecule has 3 aromatic rings. The third-order valence-electron chi connectivity index (χ3n) is 4.08. The van der Waals surface area contributed by atoms with E-state index in [1.54, 1.807) is 6.33 Å². The first-order valence-electron chi connectivity index (χ1n) is 8.03. The van der Waals surface area contributed by atoms with E-state index in [1.165, 1.54) is 32.1 Å². The molecule has 2 heterocycles. The summed E-state index contributed by atoms with van der Waals surface area (Å²) in [4.78, 5) is 16.6. The van der Waals surface area contributed by atoms with Crippen molar-refractivity contribution in [3.8, 4) is 11.8 Å². The van der Waals surface area contributed by atoms with Crippen LogP contribution in [0.5, 0.6) is 11.8 Å². The van der Waals surface area contributed by atoms with E-state index < -0.39 is 0 Å². The van der Waals surface area contributed by atoms with Gasteiger partial charge in [-0.3, -0.25) is 0 Å². The van der Waals surface area contributed by atoms with E-state index >= 15 is 0 Å². The fourth-order valence-electron chi connectivity index (χ4n) is 2.91. The molecule has 4 rings (SSSR count). The maximum atomic E-state index is 5.82. The molecule has 6 heteroatoms. The zero-order chi connectivity index (χ0) is 15.5. The third kappa shape index (κ3) is 3.40. The second-order valence-corrected chi connectivity index (χ2v) is 8.73. The molecule has 1 radical (unpaired) electrons. The predicted molar refractivity (Wildman–Crippen MR) is 90.4 cm³/mol. The number of nitrogens with one attached hydrogen (secondary N) is 1. The van der Waals surface area contributed by atoms with Crippen LogP contribution >= 0.6 is 0 Å².